The molecular weight excluding hydrogens is 324 g/mol. The van der Waals surface area contributed by atoms with Crippen molar-refractivity contribution in [1.82, 2.24) is 0 Å². The third-order valence-electron chi connectivity index (χ3n) is 3.87. The van der Waals surface area contributed by atoms with Gasteiger partial charge in [0.2, 0.25) is 0 Å². The Labute approximate surface area is 135 Å². The number of halogens is 1. The first kappa shape index (κ1) is 16.0. The van der Waals surface area contributed by atoms with Gasteiger partial charge >= 0.3 is 0 Å². The molecule has 0 aliphatic carbocycles. The van der Waals surface area contributed by atoms with Crippen LogP contribution in [0, 0.1) is 0 Å². The van der Waals surface area contributed by atoms with Gasteiger partial charge in [0.05, 0.1) is 0 Å². The first-order valence-electron chi connectivity index (χ1n) is 7.55. The molecule has 2 heteroatoms. The van der Waals surface area contributed by atoms with Crippen LogP contribution in [0.15, 0.2) is 40.9 Å². The van der Waals surface area contributed by atoms with Crippen LogP contribution in [-0.2, 0) is 19.3 Å². The number of carbonyl (C=O) groups is 1. The zero-order valence-electron chi connectivity index (χ0n) is 12.9. The number of hydrogen-bond acceptors (Lipinski definition) is 1. The zero-order chi connectivity index (χ0) is 15.4. The maximum Gasteiger partial charge on any atom is 0.193 e. The highest BCUT2D eigenvalue weighted by Crippen LogP contribution is 2.24. The molecule has 1 nitrogen and oxygen atoms in total. The number of ketones is 1. The SMILES string of the molecule is CCc1cc(CC)c(C(=O)c2ccc(Br)cc2)c(CC)c1. The summed E-state index contributed by atoms with van der Waals surface area (Å²) in [7, 11) is 0. The van der Waals surface area contributed by atoms with Gasteiger partial charge in [0.25, 0.3) is 0 Å². The van der Waals surface area contributed by atoms with Gasteiger partial charge in [-0.05, 0) is 60.2 Å². The van der Waals surface area contributed by atoms with Gasteiger partial charge in [0.15, 0.2) is 5.78 Å². The van der Waals surface area contributed by atoms with Gasteiger partial charge in [-0.1, -0.05) is 48.8 Å². The van der Waals surface area contributed by atoms with Crippen LogP contribution in [0.2, 0.25) is 0 Å². The number of benzene rings is 2. The van der Waals surface area contributed by atoms with Crippen LogP contribution in [0.25, 0.3) is 0 Å². The highest BCUT2D eigenvalue weighted by atomic mass is 79.9. The van der Waals surface area contributed by atoms with Crippen molar-refractivity contribution in [3.8, 4) is 0 Å². The normalized spacial score (nSPS) is 10.7. The van der Waals surface area contributed by atoms with E-state index in [9.17, 15) is 4.79 Å². The van der Waals surface area contributed by atoms with E-state index < -0.39 is 0 Å². The van der Waals surface area contributed by atoms with Gasteiger partial charge in [-0.15, -0.1) is 0 Å². The summed E-state index contributed by atoms with van der Waals surface area (Å²) in [6, 6.07) is 12.0. The van der Waals surface area contributed by atoms with Crippen LogP contribution in [0.3, 0.4) is 0 Å². The highest BCUT2D eigenvalue weighted by molar-refractivity contribution is 9.10. The predicted molar refractivity (Wildman–Crippen MR) is 92.2 cm³/mol. The molecule has 21 heavy (non-hydrogen) atoms. The van der Waals surface area contributed by atoms with Crippen molar-refractivity contribution >= 4 is 21.7 Å². The Balaban J connectivity index is 2.55. The molecule has 0 N–H and O–H groups in total. The van der Waals surface area contributed by atoms with E-state index in [1.54, 1.807) is 0 Å². The molecule has 0 aliphatic heterocycles. The van der Waals surface area contributed by atoms with Gasteiger partial charge < -0.3 is 0 Å². The molecule has 0 aliphatic rings. The van der Waals surface area contributed by atoms with Crippen molar-refractivity contribution in [1.29, 1.82) is 0 Å². The number of aryl methyl sites for hydroxylation is 3. The number of rotatable bonds is 5. The third-order valence-corrected chi connectivity index (χ3v) is 4.39. The third kappa shape index (κ3) is 3.44. The molecule has 0 saturated carbocycles. The van der Waals surface area contributed by atoms with Crippen LogP contribution in [0.5, 0.6) is 0 Å². The molecule has 110 valence electrons. The molecule has 0 fully saturated rings. The predicted octanol–water partition coefficient (Wildman–Crippen LogP) is 5.37. The lowest BCUT2D eigenvalue weighted by molar-refractivity contribution is 0.103. The van der Waals surface area contributed by atoms with E-state index in [0.29, 0.717) is 0 Å². The second-order valence-electron chi connectivity index (χ2n) is 5.19. The summed E-state index contributed by atoms with van der Waals surface area (Å²) in [5.41, 5.74) is 5.31. The quantitative estimate of drug-likeness (QED) is 0.666. The molecule has 2 aromatic rings. The Kier molecular flexibility index (Phi) is 5.35. The first-order chi connectivity index (χ1) is 10.1. The van der Waals surface area contributed by atoms with Crippen molar-refractivity contribution in [2.45, 2.75) is 40.0 Å². The molecule has 0 unspecified atom stereocenters. The molecule has 0 radical (unpaired) electrons. The van der Waals surface area contributed by atoms with Gasteiger partial charge in [0, 0.05) is 15.6 Å². The van der Waals surface area contributed by atoms with Crippen molar-refractivity contribution in [3.05, 3.63) is 68.7 Å². The van der Waals surface area contributed by atoms with Crippen LogP contribution >= 0.6 is 15.9 Å². The van der Waals surface area contributed by atoms with Crippen molar-refractivity contribution < 1.29 is 4.79 Å². The summed E-state index contributed by atoms with van der Waals surface area (Å²) >= 11 is 3.41. The van der Waals surface area contributed by atoms with E-state index in [1.807, 2.05) is 24.3 Å². The standard InChI is InChI=1S/C19H21BrO/c1-4-13-11-14(5-2)18(15(6-3)12-13)19(21)16-7-9-17(20)10-8-16/h7-12H,4-6H2,1-3H3. The molecule has 0 aromatic heterocycles. The van der Waals surface area contributed by atoms with E-state index in [1.165, 1.54) is 16.7 Å². The monoisotopic (exact) mass is 344 g/mol. The summed E-state index contributed by atoms with van der Waals surface area (Å²) in [6.45, 7) is 6.39. The van der Waals surface area contributed by atoms with E-state index in [2.05, 4.69) is 48.8 Å². The Bertz CT molecular complexity index is 616. The second-order valence-corrected chi connectivity index (χ2v) is 6.10. The molecule has 0 saturated heterocycles. The zero-order valence-corrected chi connectivity index (χ0v) is 14.5. The van der Waals surface area contributed by atoms with Crippen LogP contribution in [0.1, 0.15) is 53.4 Å². The molecule has 0 amide bonds. The topological polar surface area (TPSA) is 17.1 Å². The fourth-order valence-corrected chi connectivity index (χ4v) is 2.90. The molecule has 0 heterocycles. The second kappa shape index (κ2) is 7.04. The Morgan fingerprint density at radius 3 is 1.86 bits per heavy atom. The Morgan fingerprint density at radius 2 is 1.43 bits per heavy atom. The molecule has 0 spiro atoms. The average Bonchev–Trinajstić information content (AvgIpc) is 2.53. The van der Waals surface area contributed by atoms with Crippen molar-refractivity contribution in [3.63, 3.8) is 0 Å². The lowest BCUT2D eigenvalue weighted by atomic mass is 9.89. The molecule has 0 atom stereocenters. The Morgan fingerprint density at radius 1 is 0.905 bits per heavy atom. The van der Waals surface area contributed by atoms with Gasteiger partial charge in [-0.3, -0.25) is 4.79 Å². The summed E-state index contributed by atoms with van der Waals surface area (Å²) < 4.78 is 0.992. The molecular formula is C19H21BrO. The summed E-state index contributed by atoms with van der Waals surface area (Å²) in [5, 5.41) is 0. The van der Waals surface area contributed by atoms with E-state index in [4.69, 9.17) is 0 Å². The summed E-state index contributed by atoms with van der Waals surface area (Å²) in [4.78, 5) is 12.9. The lowest BCUT2D eigenvalue weighted by Gasteiger charge is -2.15. The fourth-order valence-electron chi connectivity index (χ4n) is 2.64. The van der Waals surface area contributed by atoms with Crippen LogP contribution in [0.4, 0.5) is 0 Å². The van der Waals surface area contributed by atoms with Gasteiger partial charge in [-0.2, -0.15) is 0 Å². The fraction of sp³-hybridized carbons (Fsp3) is 0.316. The van der Waals surface area contributed by atoms with Crippen molar-refractivity contribution in [2.75, 3.05) is 0 Å². The van der Waals surface area contributed by atoms with Crippen LogP contribution in [-0.4, -0.2) is 5.78 Å². The largest absolute Gasteiger partial charge is 0.289 e. The van der Waals surface area contributed by atoms with Gasteiger partial charge in [0.1, 0.15) is 0 Å². The Hall–Kier alpha value is -1.41. The summed E-state index contributed by atoms with van der Waals surface area (Å²) in [6.07, 6.45) is 2.78. The smallest absolute Gasteiger partial charge is 0.193 e. The number of hydrogen-bond donors (Lipinski definition) is 0. The maximum atomic E-state index is 12.9. The maximum absolute atomic E-state index is 12.9. The average molecular weight is 345 g/mol. The van der Waals surface area contributed by atoms with E-state index >= 15 is 0 Å². The summed E-state index contributed by atoms with van der Waals surface area (Å²) in [5.74, 6) is 0.138. The van der Waals surface area contributed by atoms with Gasteiger partial charge in [-0.25, -0.2) is 0 Å². The molecule has 2 aromatic carbocycles. The molecule has 2 rings (SSSR count). The van der Waals surface area contributed by atoms with E-state index in [-0.39, 0.29) is 5.78 Å². The van der Waals surface area contributed by atoms with Crippen molar-refractivity contribution in [2.24, 2.45) is 0 Å². The van der Waals surface area contributed by atoms with Crippen LogP contribution < -0.4 is 0 Å². The minimum Gasteiger partial charge on any atom is -0.289 e. The molecule has 0 bridgehead atoms. The minimum absolute atomic E-state index is 0.138. The van der Waals surface area contributed by atoms with E-state index in [0.717, 1.165) is 34.9 Å². The minimum atomic E-state index is 0.138. The highest BCUT2D eigenvalue weighted by Gasteiger charge is 2.17. The first-order valence-corrected chi connectivity index (χ1v) is 8.34. The lowest BCUT2D eigenvalue weighted by Crippen LogP contribution is -2.10. The number of carbonyl (C=O) groups excluding carboxylic acids is 1.